The minimum atomic E-state index is -0.537. The molecule has 1 amide bonds. The van der Waals surface area contributed by atoms with Crippen LogP contribution in [0.15, 0.2) is 16.6 Å². The Labute approximate surface area is 125 Å². The number of piperidine rings is 1. The highest BCUT2D eigenvalue weighted by molar-refractivity contribution is 9.10. The van der Waals surface area contributed by atoms with Gasteiger partial charge >= 0.3 is 0 Å². The first-order valence-electron chi connectivity index (χ1n) is 6.67. The number of carbonyl (C=O) groups excluding carboxylic acids is 1. The summed E-state index contributed by atoms with van der Waals surface area (Å²) in [6.45, 7) is 1.45. The van der Waals surface area contributed by atoms with Crippen LogP contribution in [0.4, 0.5) is 10.1 Å². The van der Waals surface area contributed by atoms with Crippen LogP contribution in [0.25, 0.3) is 0 Å². The van der Waals surface area contributed by atoms with Crippen LogP contribution in [0.2, 0.25) is 0 Å². The van der Waals surface area contributed by atoms with Crippen molar-refractivity contribution >= 4 is 27.5 Å². The minimum Gasteiger partial charge on any atom is -0.396 e. The highest BCUT2D eigenvalue weighted by atomic mass is 79.9. The largest absolute Gasteiger partial charge is 0.396 e. The molecule has 6 heteroatoms. The maximum Gasteiger partial charge on any atom is 0.255 e. The Bertz CT molecular complexity index is 508. The van der Waals surface area contributed by atoms with Crippen LogP contribution in [0, 0.1) is 11.7 Å². The maximum absolute atomic E-state index is 13.3. The predicted molar refractivity (Wildman–Crippen MR) is 78.8 cm³/mol. The van der Waals surface area contributed by atoms with Crippen molar-refractivity contribution in [2.45, 2.75) is 19.3 Å². The van der Waals surface area contributed by atoms with Crippen molar-refractivity contribution in [1.29, 1.82) is 0 Å². The summed E-state index contributed by atoms with van der Waals surface area (Å²) in [7, 11) is 0. The van der Waals surface area contributed by atoms with E-state index < -0.39 is 5.82 Å². The third kappa shape index (κ3) is 3.30. The lowest BCUT2D eigenvalue weighted by molar-refractivity contribution is 0.0652. The molecule has 1 saturated heterocycles. The van der Waals surface area contributed by atoms with Crippen LogP contribution >= 0.6 is 15.9 Å². The van der Waals surface area contributed by atoms with Crippen LogP contribution in [-0.2, 0) is 0 Å². The number of amides is 1. The average molecular weight is 345 g/mol. The molecule has 1 aromatic rings. The van der Waals surface area contributed by atoms with Crippen molar-refractivity contribution in [2.75, 3.05) is 25.4 Å². The molecule has 1 aliphatic rings. The van der Waals surface area contributed by atoms with Gasteiger partial charge in [0.25, 0.3) is 5.91 Å². The Morgan fingerprint density at radius 1 is 1.55 bits per heavy atom. The van der Waals surface area contributed by atoms with Gasteiger partial charge in [0, 0.05) is 24.2 Å². The molecule has 0 aliphatic carbocycles. The molecule has 0 aromatic heterocycles. The highest BCUT2D eigenvalue weighted by Crippen LogP contribution is 2.26. The molecule has 0 radical (unpaired) electrons. The molecule has 20 heavy (non-hydrogen) atoms. The average Bonchev–Trinajstić information content (AvgIpc) is 2.43. The second-order valence-electron chi connectivity index (χ2n) is 5.13. The smallest absolute Gasteiger partial charge is 0.255 e. The molecule has 0 spiro atoms. The number of nitrogens with two attached hydrogens (primary N) is 1. The number of carbonyl (C=O) groups is 1. The van der Waals surface area contributed by atoms with Crippen molar-refractivity contribution in [2.24, 2.45) is 5.92 Å². The van der Waals surface area contributed by atoms with E-state index in [1.165, 1.54) is 12.1 Å². The van der Waals surface area contributed by atoms with Crippen LogP contribution in [0.5, 0.6) is 0 Å². The standard InChI is InChI=1S/C14H18BrFN2O2/c15-11-7-12(16)13(17)6-10(11)14(20)18-4-1-2-9(8-18)3-5-19/h6-7,9,19H,1-5,8,17H2. The molecule has 1 fully saturated rings. The zero-order valence-corrected chi connectivity index (χ0v) is 12.7. The maximum atomic E-state index is 13.3. The van der Waals surface area contributed by atoms with Gasteiger partial charge in [-0.2, -0.15) is 0 Å². The fourth-order valence-corrected chi connectivity index (χ4v) is 3.05. The summed E-state index contributed by atoms with van der Waals surface area (Å²) in [5.74, 6) is -0.356. The summed E-state index contributed by atoms with van der Waals surface area (Å²) in [5.41, 5.74) is 5.89. The van der Waals surface area contributed by atoms with Crippen molar-refractivity contribution in [3.8, 4) is 0 Å². The quantitative estimate of drug-likeness (QED) is 0.827. The summed E-state index contributed by atoms with van der Waals surface area (Å²) in [4.78, 5) is 14.2. The highest BCUT2D eigenvalue weighted by Gasteiger charge is 2.25. The SMILES string of the molecule is Nc1cc(C(=O)N2CCCC(CCO)C2)c(Br)cc1F. The number of aliphatic hydroxyl groups excluding tert-OH is 1. The summed E-state index contributed by atoms with van der Waals surface area (Å²) in [6.07, 6.45) is 2.65. The van der Waals surface area contributed by atoms with Crippen molar-refractivity contribution in [3.05, 3.63) is 28.0 Å². The molecule has 1 atom stereocenters. The van der Waals surface area contributed by atoms with Crippen LogP contribution < -0.4 is 5.73 Å². The number of likely N-dealkylation sites (tertiary alicyclic amines) is 1. The van der Waals surface area contributed by atoms with E-state index in [0.29, 0.717) is 35.5 Å². The van der Waals surface area contributed by atoms with Gasteiger partial charge in [0.2, 0.25) is 0 Å². The molecule has 2 rings (SSSR count). The van der Waals surface area contributed by atoms with Gasteiger partial charge in [0.1, 0.15) is 5.82 Å². The van der Waals surface area contributed by atoms with Crippen LogP contribution in [0.1, 0.15) is 29.6 Å². The summed E-state index contributed by atoms with van der Waals surface area (Å²) in [6, 6.07) is 2.59. The molecule has 0 saturated carbocycles. The Kier molecular flexibility index (Phi) is 4.99. The third-order valence-electron chi connectivity index (χ3n) is 3.66. The molecule has 4 nitrogen and oxygen atoms in total. The normalized spacial score (nSPS) is 19.1. The Hall–Kier alpha value is -1.14. The second kappa shape index (κ2) is 6.54. The van der Waals surface area contributed by atoms with Crippen LogP contribution in [-0.4, -0.2) is 35.6 Å². The molecule has 1 unspecified atom stereocenters. The van der Waals surface area contributed by atoms with E-state index in [2.05, 4.69) is 15.9 Å². The molecule has 1 heterocycles. The van der Waals surface area contributed by atoms with Gasteiger partial charge in [-0.15, -0.1) is 0 Å². The van der Waals surface area contributed by atoms with E-state index in [1.54, 1.807) is 4.90 Å². The van der Waals surface area contributed by atoms with Gasteiger partial charge < -0.3 is 15.7 Å². The fourth-order valence-electron chi connectivity index (χ4n) is 2.57. The lowest BCUT2D eigenvalue weighted by Crippen LogP contribution is -2.40. The summed E-state index contributed by atoms with van der Waals surface area (Å²) >= 11 is 3.21. The summed E-state index contributed by atoms with van der Waals surface area (Å²) in [5, 5.41) is 9.00. The van der Waals surface area contributed by atoms with Gasteiger partial charge in [0.15, 0.2) is 0 Å². The van der Waals surface area contributed by atoms with E-state index >= 15 is 0 Å². The molecule has 1 aromatic carbocycles. The molecule has 1 aliphatic heterocycles. The van der Waals surface area contributed by atoms with E-state index in [0.717, 1.165) is 12.8 Å². The number of hydrogen-bond acceptors (Lipinski definition) is 3. The van der Waals surface area contributed by atoms with Crippen LogP contribution in [0.3, 0.4) is 0 Å². The Morgan fingerprint density at radius 2 is 2.30 bits per heavy atom. The van der Waals surface area contributed by atoms with Crippen molar-refractivity contribution in [3.63, 3.8) is 0 Å². The lowest BCUT2D eigenvalue weighted by atomic mass is 9.94. The monoisotopic (exact) mass is 344 g/mol. The molecular weight excluding hydrogens is 327 g/mol. The van der Waals surface area contributed by atoms with Gasteiger partial charge in [-0.3, -0.25) is 4.79 Å². The van der Waals surface area contributed by atoms with E-state index in [4.69, 9.17) is 10.8 Å². The number of nitrogen functional groups attached to an aromatic ring is 1. The van der Waals surface area contributed by atoms with Crippen molar-refractivity contribution in [1.82, 2.24) is 4.90 Å². The van der Waals surface area contributed by atoms with E-state index in [9.17, 15) is 9.18 Å². The van der Waals surface area contributed by atoms with E-state index in [1.807, 2.05) is 0 Å². The zero-order chi connectivity index (χ0) is 14.7. The summed E-state index contributed by atoms with van der Waals surface area (Å²) < 4.78 is 13.7. The number of aliphatic hydroxyl groups is 1. The Balaban J connectivity index is 2.16. The number of halogens is 2. The Morgan fingerprint density at radius 3 is 3.00 bits per heavy atom. The number of nitrogens with zero attached hydrogens (tertiary/aromatic N) is 1. The van der Waals surface area contributed by atoms with Gasteiger partial charge in [-0.1, -0.05) is 0 Å². The van der Waals surface area contributed by atoms with Gasteiger partial charge in [-0.05, 0) is 53.2 Å². The fraction of sp³-hybridized carbons (Fsp3) is 0.500. The van der Waals surface area contributed by atoms with Crippen molar-refractivity contribution < 1.29 is 14.3 Å². The van der Waals surface area contributed by atoms with Gasteiger partial charge in [-0.25, -0.2) is 4.39 Å². The zero-order valence-electron chi connectivity index (χ0n) is 11.1. The number of hydrogen-bond donors (Lipinski definition) is 2. The number of benzene rings is 1. The first-order valence-corrected chi connectivity index (χ1v) is 7.47. The second-order valence-corrected chi connectivity index (χ2v) is 5.98. The third-order valence-corrected chi connectivity index (χ3v) is 4.32. The molecule has 3 N–H and O–H groups in total. The first kappa shape index (κ1) is 15.3. The molecule has 110 valence electrons. The van der Waals surface area contributed by atoms with E-state index in [-0.39, 0.29) is 18.2 Å². The minimum absolute atomic E-state index is 0.0273. The number of rotatable bonds is 3. The topological polar surface area (TPSA) is 66.6 Å². The predicted octanol–water partition coefficient (Wildman–Crippen LogP) is 2.41. The molecule has 0 bridgehead atoms. The number of anilines is 1. The molecular formula is C14H18BrFN2O2. The first-order chi connectivity index (χ1) is 9.52. The lowest BCUT2D eigenvalue weighted by Gasteiger charge is -2.32. The van der Waals surface area contributed by atoms with Gasteiger partial charge in [0.05, 0.1) is 11.3 Å².